The topological polar surface area (TPSA) is 19.4 Å². The number of fused-ring (bicyclic) bond motifs is 1. The van der Waals surface area contributed by atoms with Crippen molar-refractivity contribution < 1.29 is 0 Å². The molecular weight excluding hydrogens is 282 g/mol. The van der Waals surface area contributed by atoms with Crippen molar-refractivity contribution in [1.82, 2.24) is 9.88 Å². The summed E-state index contributed by atoms with van der Waals surface area (Å²) in [5.41, 5.74) is 3.29. The highest BCUT2D eigenvalue weighted by molar-refractivity contribution is 6.17. The minimum absolute atomic E-state index is 0.466. The molecule has 4 heteroatoms. The van der Waals surface area contributed by atoms with Crippen molar-refractivity contribution >= 4 is 28.2 Å². The number of rotatable bonds is 4. The van der Waals surface area contributed by atoms with E-state index in [0.29, 0.717) is 5.88 Å². The molecule has 21 heavy (non-hydrogen) atoms. The highest BCUT2D eigenvalue weighted by Gasteiger charge is 2.18. The number of hydrogen-bond donors (Lipinski definition) is 0. The lowest BCUT2D eigenvalue weighted by Crippen LogP contribution is -2.46. The molecule has 0 atom stereocenters. The van der Waals surface area contributed by atoms with Crippen LogP contribution >= 0.6 is 11.6 Å². The van der Waals surface area contributed by atoms with Gasteiger partial charge in [-0.05, 0) is 25.1 Å². The summed E-state index contributed by atoms with van der Waals surface area (Å²) in [4.78, 5) is 9.65. The standard InChI is InChI=1S/C17H22ClN3/c1-2-7-20-8-10-21(11-9-20)17-12-14(13-18)19-16-6-4-3-5-15(16)17/h3-6,12H,2,7-11,13H2,1H3. The van der Waals surface area contributed by atoms with Gasteiger partial charge in [0.05, 0.1) is 17.1 Å². The Hall–Kier alpha value is -1.32. The molecule has 1 aliphatic heterocycles. The van der Waals surface area contributed by atoms with Crippen LogP contribution in [-0.2, 0) is 5.88 Å². The van der Waals surface area contributed by atoms with Crippen molar-refractivity contribution in [3.63, 3.8) is 0 Å². The molecule has 0 radical (unpaired) electrons. The van der Waals surface area contributed by atoms with E-state index in [1.807, 2.05) is 6.07 Å². The van der Waals surface area contributed by atoms with Gasteiger partial charge in [-0.3, -0.25) is 9.88 Å². The number of piperazine rings is 1. The van der Waals surface area contributed by atoms with E-state index in [-0.39, 0.29) is 0 Å². The second-order valence-corrected chi connectivity index (χ2v) is 5.88. The number of alkyl halides is 1. The molecular formula is C17H22ClN3. The number of para-hydroxylation sites is 1. The number of pyridine rings is 1. The summed E-state index contributed by atoms with van der Waals surface area (Å²) in [6.45, 7) is 7.89. The van der Waals surface area contributed by atoms with Crippen LogP contribution in [0, 0.1) is 0 Å². The van der Waals surface area contributed by atoms with Crippen LogP contribution in [0.2, 0.25) is 0 Å². The Bertz CT molecular complexity index is 606. The van der Waals surface area contributed by atoms with Crippen LogP contribution in [0.15, 0.2) is 30.3 Å². The van der Waals surface area contributed by atoms with Crippen molar-refractivity contribution in [3.8, 4) is 0 Å². The average Bonchev–Trinajstić information content (AvgIpc) is 2.55. The maximum Gasteiger partial charge on any atom is 0.0726 e. The van der Waals surface area contributed by atoms with Crippen molar-refractivity contribution in [1.29, 1.82) is 0 Å². The fourth-order valence-corrected chi connectivity index (χ4v) is 3.21. The summed E-state index contributed by atoms with van der Waals surface area (Å²) in [6, 6.07) is 10.5. The van der Waals surface area contributed by atoms with Gasteiger partial charge in [0.1, 0.15) is 0 Å². The van der Waals surface area contributed by atoms with Crippen LogP contribution in [-0.4, -0.2) is 42.6 Å². The highest BCUT2D eigenvalue weighted by Crippen LogP contribution is 2.28. The van der Waals surface area contributed by atoms with Crippen molar-refractivity contribution in [2.75, 3.05) is 37.6 Å². The third-order valence-electron chi connectivity index (χ3n) is 4.14. The molecule has 0 bridgehead atoms. The van der Waals surface area contributed by atoms with Gasteiger partial charge in [0.2, 0.25) is 0 Å². The molecule has 2 heterocycles. The molecule has 1 aromatic heterocycles. The molecule has 3 nitrogen and oxygen atoms in total. The number of anilines is 1. The maximum absolute atomic E-state index is 6.01. The predicted molar refractivity (Wildman–Crippen MR) is 90.2 cm³/mol. The molecule has 1 saturated heterocycles. The highest BCUT2D eigenvalue weighted by atomic mass is 35.5. The Kier molecular flexibility index (Phi) is 4.61. The van der Waals surface area contributed by atoms with E-state index in [4.69, 9.17) is 11.6 Å². The van der Waals surface area contributed by atoms with Gasteiger partial charge in [-0.2, -0.15) is 0 Å². The van der Waals surface area contributed by atoms with E-state index in [9.17, 15) is 0 Å². The van der Waals surface area contributed by atoms with Crippen molar-refractivity contribution in [3.05, 3.63) is 36.0 Å². The van der Waals surface area contributed by atoms with Gasteiger partial charge in [0.15, 0.2) is 0 Å². The zero-order valence-corrected chi connectivity index (χ0v) is 13.3. The van der Waals surface area contributed by atoms with E-state index in [0.717, 1.165) is 37.4 Å². The van der Waals surface area contributed by atoms with E-state index >= 15 is 0 Å². The number of aromatic nitrogens is 1. The monoisotopic (exact) mass is 303 g/mol. The maximum atomic E-state index is 6.01. The molecule has 0 amide bonds. The van der Waals surface area contributed by atoms with Gasteiger partial charge in [0.25, 0.3) is 0 Å². The van der Waals surface area contributed by atoms with Gasteiger partial charge >= 0.3 is 0 Å². The zero-order chi connectivity index (χ0) is 14.7. The van der Waals surface area contributed by atoms with E-state index in [2.05, 4.69) is 46.0 Å². The number of benzene rings is 1. The Balaban J connectivity index is 1.89. The van der Waals surface area contributed by atoms with E-state index in [1.54, 1.807) is 0 Å². The molecule has 0 aliphatic carbocycles. The van der Waals surface area contributed by atoms with Crippen LogP contribution < -0.4 is 4.90 Å². The largest absolute Gasteiger partial charge is 0.368 e. The molecule has 1 fully saturated rings. The molecule has 1 aromatic carbocycles. The second kappa shape index (κ2) is 6.63. The fraction of sp³-hybridized carbons (Fsp3) is 0.471. The lowest BCUT2D eigenvalue weighted by Gasteiger charge is -2.36. The lowest BCUT2D eigenvalue weighted by molar-refractivity contribution is 0.258. The Morgan fingerprint density at radius 2 is 1.90 bits per heavy atom. The molecule has 3 rings (SSSR count). The molecule has 112 valence electrons. The first-order valence-corrected chi connectivity index (χ1v) is 8.27. The van der Waals surface area contributed by atoms with Crippen molar-refractivity contribution in [2.45, 2.75) is 19.2 Å². The first-order chi connectivity index (χ1) is 10.3. The quantitative estimate of drug-likeness (QED) is 0.806. The first-order valence-electron chi connectivity index (χ1n) is 7.73. The third-order valence-corrected chi connectivity index (χ3v) is 4.41. The second-order valence-electron chi connectivity index (χ2n) is 5.61. The van der Waals surface area contributed by atoms with E-state index in [1.165, 1.54) is 24.0 Å². The Morgan fingerprint density at radius 1 is 1.14 bits per heavy atom. The average molecular weight is 304 g/mol. The van der Waals surface area contributed by atoms with Crippen LogP contribution in [0.3, 0.4) is 0 Å². The molecule has 0 N–H and O–H groups in total. The van der Waals surface area contributed by atoms with E-state index < -0.39 is 0 Å². The third kappa shape index (κ3) is 3.14. The molecule has 0 spiro atoms. The van der Waals surface area contributed by atoms with Gasteiger partial charge in [-0.1, -0.05) is 25.1 Å². The van der Waals surface area contributed by atoms with Crippen molar-refractivity contribution in [2.24, 2.45) is 0 Å². The van der Waals surface area contributed by atoms with Gasteiger partial charge in [-0.15, -0.1) is 11.6 Å². The van der Waals surface area contributed by atoms with Crippen LogP contribution in [0.5, 0.6) is 0 Å². The summed E-state index contributed by atoms with van der Waals surface area (Å²) in [6.07, 6.45) is 1.23. The molecule has 0 saturated carbocycles. The summed E-state index contributed by atoms with van der Waals surface area (Å²) in [7, 11) is 0. The summed E-state index contributed by atoms with van der Waals surface area (Å²) < 4.78 is 0. The summed E-state index contributed by atoms with van der Waals surface area (Å²) in [5.74, 6) is 0.466. The zero-order valence-electron chi connectivity index (χ0n) is 12.6. The summed E-state index contributed by atoms with van der Waals surface area (Å²) in [5, 5.41) is 1.23. The fourth-order valence-electron chi connectivity index (χ4n) is 3.07. The van der Waals surface area contributed by atoms with Gasteiger partial charge in [0, 0.05) is 37.3 Å². The molecule has 2 aromatic rings. The Labute approximate surface area is 131 Å². The minimum Gasteiger partial charge on any atom is -0.368 e. The van der Waals surface area contributed by atoms with Crippen LogP contribution in [0.4, 0.5) is 5.69 Å². The van der Waals surface area contributed by atoms with Gasteiger partial charge < -0.3 is 4.90 Å². The predicted octanol–water partition coefficient (Wildman–Crippen LogP) is 3.51. The first kappa shape index (κ1) is 14.6. The molecule has 0 unspecified atom stereocenters. The number of hydrogen-bond acceptors (Lipinski definition) is 3. The number of halogens is 1. The van der Waals surface area contributed by atoms with Gasteiger partial charge in [-0.25, -0.2) is 0 Å². The summed E-state index contributed by atoms with van der Waals surface area (Å²) >= 11 is 6.01. The smallest absolute Gasteiger partial charge is 0.0726 e. The Morgan fingerprint density at radius 3 is 2.62 bits per heavy atom. The number of nitrogens with zero attached hydrogens (tertiary/aromatic N) is 3. The van der Waals surface area contributed by atoms with Crippen LogP contribution in [0.25, 0.3) is 10.9 Å². The molecule has 1 aliphatic rings. The minimum atomic E-state index is 0.466. The SMILES string of the molecule is CCCN1CCN(c2cc(CCl)nc3ccccc23)CC1. The lowest BCUT2D eigenvalue weighted by atomic mass is 10.1. The van der Waals surface area contributed by atoms with Crippen LogP contribution in [0.1, 0.15) is 19.0 Å². The normalized spacial score (nSPS) is 16.6.